The summed E-state index contributed by atoms with van der Waals surface area (Å²) >= 11 is 0. The number of carbonyl (C=O) groups is 2. The zero-order valence-corrected chi connectivity index (χ0v) is 18.9. The number of nitrogens with zero attached hydrogens (tertiary/aromatic N) is 7. The first-order valence-corrected chi connectivity index (χ1v) is 11.4. The number of esters is 1. The van der Waals surface area contributed by atoms with Crippen molar-refractivity contribution in [3.05, 3.63) is 41.5 Å². The van der Waals surface area contributed by atoms with Crippen LogP contribution in [0, 0.1) is 5.92 Å². The van der Waals surface area contributed by atoms with E-state index in [0.717, 1.165) is 0 Å². The van der Waals surface area contributed by atoms with Crippen LogP contribution in [0.15, 0.2) is 35.9 Å². The van der Waals surface area contributed by atoms with Crippen molar-refractivity contribution in [3.63, 3.8) is 0 Å². The number of pyridine rings is 1. The number of tetrazole rings is 1. The number of piperidine rings is 1. The summed E-state index contributed by atoms with van der Waals surface area (Å²) in [5.74, 6) is -0.480. The van der Waals surface area contributed by atoms with E-state index in [1.807, 2.05) is 0 Å². The molecular weight excluding hydrogens is 442 g/mol. The third-order valence-electron chi connectivity index (χ3n) is 7.15. The van der Waals surface area contributed by atoms with Crippen LogP contribution >= 0.6 is 0 Å². The third kappa shape index (κ3) is 4.08. The Morgan fingerprint density at radius 1 is 1.24 bits per heavy atom. The van der Waals surface area contributed by atoms with Crippen molar-refractivity contribution in [2.45, 2.75) is 37.9 Å². The number of aliphatic hydroxyl groups excluding tert-OH is 1. The Hall–Kier alpha value is -3.22. The molecule has 3 aliphatic rings. The van der Waals surface area contributed by atoms with Gasteiger partial charge in [0.05, 0.1) is 28.9 Å². The lowest BCUT2D eigenvalue weighted by atomic mass is 9.78. The lowest BCUT2D eigenvalue weighted by molar-refractivity contribution is -0.142. The molecular formula is C22H27N7O5. The molecule has 5 heterocycles. The zero-order chi connectivity index (χ0) is 23.9. The highest BCUT2D eigenvalue weighted by molar-refractivity contribution is 5.93. The number of hydrogen-bond donors (Lipinski definition) is 2. The van der Waals surface area contributed by atoms with Gasteiger partial charge in [-0.15, -0.1) is 5.10 Å². The van der Waals surface area contributed by atoms with Gasteiger partial charge in [-0.05, 0) is 42.7 Å². The summed E-state index contributed by atoms with van der Waals surface area (Å²) in [6.45, 7) is 3.79. The minimum absolute atomic E-state index is 0.110. The maximum Gasteiger partial charge on any atom is 0.336 e. The largest absolute Gasteiger partial charge is 0.456 e. The molecule has 2 atom stereocenters. The van der Waals surface area contributed by atoms with Gasteiger partial charge in [-0.1, -0.05) is 6.07 Å². The summed E-state index contributed by atoms with van der Waals surface area (Å²) in [4.78, 5) is 32.8. The van der Waals surface area contributed by atoms with Crippen LogP contribution in [-0.4, -0.2) is 95.5 Å². The molecule has 0 bridgehead atoms. The van der Waals surface area contributed by atoms with Crippen molar-refractivity contribution in [2.24, 2.45) is 5.92 Å². The van der Waals surface area contributed by atoms with Gasteiger partial charge in [0.15, 0.2) is 5.82 Å². The molecule has 0 saturated carbocycles. The number of amides is 1. The number of likely N-dealkylation sites (tertiary alicyclic amines) is 2. The molecule has 2 N–H and O–H groups in total. The first-order valence-electron chi connectivity index (χ1n) is 11.4. The number of cyclic esters (lactones) is 1. The van der Waals surface area contributed by atoms with Gasteiger partial charge in [-0.2, -0.15) is 4.68 Å². The normalized spacial score (nSPS) is 24.1. The first kappa shape index (κ1) is 22.6. The fourth-order valence-electron chi connectivity index (χ4n) is 5.01. The molecule has 5 rings (SSSR count). The van der Waals surface area contributed by atoms with Crippen LogP contribution in [0.3, 0.4) is 0 Å². The molecule has 2 fully saturated rings. The Morgan fingerprint density at radius 2 is 2.03 bits per heavy atom. The number of aliphatic hydroxyl groups is 2. The van der Waals surface area contributed by atoms with Crippen LogP contribution in [0.4, 0.5) is 0 Å². The van der Waals surface area contributed by atoms with E-state index in [-0.39, 0.29) is 12.5 Å². The van der Waals surface area contributed by atoms with Gasteiger partial charge in [-0.3, -0.25) is 4.79 Å². The number of hydrogen-bond acceptors (Lipinski definition) is 10. The second-order valence-corrected chi connectivity index (χ2v) is 9.10. The van der Waals surface area contributed by atoms with Gasteiger partial charge in [0.25, 0.3) is 0 Å². The molecule has 0 spiro atoms. The standard InChI is InChI=1S/C22H27N7O5/c1-14-17(12-34-21(14)32)28-7-4-16(20(28)31)22(33)5-8-27(9-6-22)11-18(30)15-2-3-19(23-10-15)29-13-24-25-26-29/h2-3,10,13,16,18,30,33H,4-9,11-12H2,1H3/t16?,18-/m0/s1. The molecule has 1 unspecified atom stereocenters. The van der Waals surface area contributed by atoms with E-state index in [1.165, 1.54) is 11.0 Å². The van der Waals surface area contributed by atoms with Crippen molar-refractivity contribution >= 4 is 11.9 Å². The predicted molar refractivity (Wildman–Crippen MR) is 116 cm³/mol. The highest BCUT2D eigenvalue weighted by Crippen LogP contribution is 2.39. The van der Waals surface area contributed by atoms with Crippen molar-refractivity contribution in [1.82, 2.24) is 35.0 Å². The average molecular weight is 470 g/mol. The summed E-state index contributed by atoms with van der Waals surface area (Å²) in [7, 11) is 0. The van der Waals surface area contributed by atoms with E-state index in [9.17, 15) is 19.8 Å². The molecule has 2 saturated heterocycles. The van der Waals surface area contributed by atoms with Crippen LogP contribution in [0.1, 0.15) is 37.9 Å². The fourth-order valence-corrected chi connectivity index (χ4v) is 5.01. The van der Waals surface area contributed by atoms with Crippen molar-refractivity contribution in [3.8, 4) is 5.82 Å². The summed E-state index contributed by atoms with van der Waals surface area (Å²) in [6.07, 6.45) is 3.73. The van der Waals surface area contributed by atoms with Crippen LogP contribution in [0.5, 0.6) is 0 Å². The van der Waals surface area contributed by atoms with Gasteiger partial charge in [-0.25, -0.2) is 9.78 Å². The lowest BCUT2D eigenvalue weighted by Gasteiger charge is -2.41. The number of β-amino-alcohol motifs (C(OH)–C–C–N with tert-alkyl or cyclic N) is 1. The number of aromatic nitrogens is 5. The summed E-state index contributed by atoms with van der Waals surface area (Å²) < 4.78 is 6.48. The highest BCUT2D eigenvalue weighted by atomic mass is 16.5. The molecule has 2 aromatic heterocycles. The Morgan fingerprint density at radius 3 is 2.65 bits per heavy atom. The monoisotopic (exact) mass is 469 g/mol. The Balaban J connectivity index is 1.17. The van der Waals surface area contributed by atoms with E-state index in [4.69, 9.17) is 4.74 Å². The maximum atomic E-state index is 13.1. The predicted octanol–water partition coefficient (Wildman–Crippen LogP) is -0.403. The molecule has 0 aliphatic carbocycles. The molecule has 2 aromatic rings. The average Bonchev–Trinajstić information content (AvgIpc) is 3.58. The lowest BCUT2D eigenvalue weighted by Crippen LogP contribution is -2.51. The third-order valence-corrected chi connectivity index (χ3v) is 7.15. The van der Waals surface area contributed by atoms with E-state index in [2.05, 4.69) is 25.4 Å². The minimum atomic E-state index is -1.10. The molecule has 34 heavy (non-hydrogen) atoms. The van der Waals surface area contributed by atoms with Crippen LogP contribution in [-0.2, 0) is 14.3 Å². The molecule has 180 valence electrons. The Bertz CT molecular complexity index is 1090. The van der Waals surface area contributed by atoms with Gasteiger partial charge < -0.3 is 24.7 Å². The van der Waals surface area contributed by atoms with Crippen molar-refractivity contribution in [1.29, 1.82) is 0 Å². The van der Waals surface area contributed by atoms with E-state index in [1.54, 1.807) is 30.2 Å². The molecule has 12 nitrogen and oxygen atoms in total. The SMILES string of the molecule is CC1=C(N2CCC(C3(O)CCN(C[C@H](O)c4ccc(-n5cnnn5)nc4)CC3)C2=O)COC1=O. The van der Waals surface area contributed by atoms with Gasteiger partial charge in [0.1, 0.15) is 12.9 Å². The van der Waals surface area contributed by atoms with Crippen molar-refractivity contribution in [2.75, 3.05) is 32.8 Å². The number of carbonyl (C=O) groups excluding carboxylic acids is 2. The van der Waals surface area contributed by atoms with Crippen LogP contribution in [0.25, 0.3) is 5.82 Å². The van der Waals surface area contributed by atoms with Crippen molar-refractivity contribution < 1.29 is 24.5 Å². The van der Waals surface area contributed by atoms with Gasteiger partial charge in [0, 0.05) is 37.9 Å². The van der Waals surface area contributed by atoms with Crippen LogP contribution in [0.2, 0.25) is 0 Å². The Labute approximate surface area is 195 Å². The van der Waals surface area contributed by atoms with Gasteiger partial charge >= 0.3 is 5.97 Å². The molecule has 0 radical (unpaired) electrons. The zero-order valence-electron chi connectivity index (χ0n) is 18.9. The molecule has 1 amide bonds. The second-order valence-electron chi connectivity index (χ2n) is 9.10. The first-order chi connectivity index (χ1) is 16.4. The maximum absolute atomic E-state index is 13.1. The molecule has 0 aromatic carbocycles. The number of ether oxygens (including phenoxy) is 1. The molecule has 3 aliphatic heterocycles. The quantitative estimate of drug-likeness (QED) is 0.536. The second kappa shape index (κ2) is 8.85. The smallest absolute Gasteiger partial charge is 0.336 e. The topological polar surface area (TPSA) is 147 Å². The molecule has 12 heteroatoms. The van der Waals surface area contributed by atoms with E-state index in [0.29, 0.717) is 68.1 Å². The van der Waals surface area contributed by atoms with E-state index < -0.39 is 23.6 Å². The summed E-state index contributed by atoms with van der Waals surface area (Å²) in [5, 5.41) is 33.0. The Kier molecular flexibility index (Phi) is 5.88. The highest BCUT2D eigenvalue weighted by Gasteiger charge is 2.49. The van der Waals surface area contributed by atoms with Gasteiger partial charge in [0.2, 0.25) is 5.91 Å². The minimum Gasteiger partial charge on any atom is -0.456 e. The number of rotatable bonds is 6. The van der Waals surface area contributed by atoms with Crippen LogP contribution < -0.4 is 0 Å². The van der Waals surface area contributed by atoms with E-state index >= 15 is 0 Å². The summed E-state index contributed by atoms with van der Waals surface area (Å²) in [6, 6.07) is 3.52. The fraction of sp³-hybridized carbons (Fsp3) is 0.545. The summed E-state index contributed by atoms with van der Waals surface area (Å²) in [5.41, 5.74) is 0.656.